The average Bonchev–Trinajstić information content (AvgIpc) is 2.93. The highest BCUT2D eigenvalue weighted by molar-refractivity contribution is 5.95. The van der Waals surface area contributed by atoms with Crippen LogP contribution in [0.2, 0.25) is 0 Å². The number of hydrogen-bond donors (Lipinski definition) is 1. The van der Waals surface area contributed by atoms with Crippen molar-refractivity contribution in [3.63, 3.8) is 0 Å². The Morgan fingerprint density at radius 2 is 1.90 bits per heavy atom. The van der Waals surface area contributed by atoms with Gasteiger partial charge in [-0.3, -0.25) is 4.79 Å². The molecule has 0 saturated heterocycles. The number of ether oxygens (including phenoxy) is 1. The summed E-state index contributed by atoms with van der Waals surface area (Å²) in [5.41, 5.74) is 8.66. The Hall–Kier alpha value is -2.49. The van der Waals surface area contributed by atoms with E-state index < -0.39 is 0 Å². The molecule has 0 atom stereocenters. The van der Waals surface area contributed by atoms with Crippen LogP contribution in [0.5, 0.6) is 5.75 Å². The van der Waals surface area contributed by atoms with Crippen molar-refractivity contribution < 1.29 is 9.53 Å². The maximum Gasteiger partial charge on any atom is 0.230 e. The van der Waals surface area contributed by atoms with Crippen LogP contribution in [-0.2, 0) is 11.2 Å². The first kappa shape index (κ1) is 13.5. The van der Waals surface area contributed by atoms with Crippen molar-refractivity contribution in [3.05, 3.63) is 54.1 Å². The summed E-state index contributed by atoms with van der Waals surface area (Å²) in [6, 6.07) is 15.4. The van der Waals surface area contributed by atoms with Gasteiger partial charge in [-0.2, -0.15) is 0 Å². The van der Waals surface area contributed by atoms with Crippen LogP contribution in [0.4, 0.5) is 11.4 Å². The fraction of sp³-hybridized carbons (Fsp3) is 0.235. The van der Waals surface area contributed by atoms with Crippen molar-refractivity contribution in [2.75, 3.05) is 23.8 Å². The van der Waals surface area contributed by atoms with Crippen LogP contribution < -0.4 is 15.4 Å². The molecule has 1 heterocycles. The standard InChI is InChI=1S/C17H18N2O2/c18-14-6-2-4-8-16(14)21-12-10-17(20)19-11-9-13-5-1-3-7-15(13)19/h1-8H,9-12,18H2. The molecule has 4 heteroatoms. The second-order valence-electron chi connectivity index (χ2n) is 5.06. The van der Waals surface area contributed by atoms with Gasteiger partial charge in [0.05, 0.1) is 18.7 Å². The molecule has 0 saturated carbocycles. The number of amides is 1. The molecule has 0 aromatic heterocycles. The predicted molar refractivity (Wildman–Crippen MR) is 83.5 cm³/mol. The Morgan fingerprint density at radius 1 is 1.14 bits per heavy atom. The summed E-state index contributed by atoms with van der Waals surface area (Å²) in [6.07, 6.45) is 1.27. The van der Waals surface area contributed by atoms with Crippen molar-refractivity contribution >= 4 is 17.3 Å². The van der Waals surface area contributed by atoms with E-state index in [0.717, 1.165) is 18.7 Å². The number of carbonyl (C=O) groups excluding carboxylic acids is 1. The fourth-order valence-corrected chi connectivity index (χ4v) is 2.59. The number of hydrogen-bond acceptors (Lipinski definition) is 3. The highest BCUT2D eigenvalue weighted by Gasteiger charge is 2.23. The van der Waals surface area contributed by atoms with Crippen molar-refractivity contribution in [1.82, 2.24) is 0 Å². The zero-order chi connectivity index (χ0) is 14.7. The van der Waals surface area contributed by atoms with Crippen molar-refractivity contribution in [2.45, 2.75) is 12.8 Å². The molecule has 1 amide bonds. The van der Waals surface area contributed by atoms with E-state index in [2.05, 4.69) is 6.07 Å². The molecule has 0 aliphatic carbocycles. The minimum atomic E-state index is 0.0921. The monoisotopic (exact) mass is 282 g/mol. The summed E-state index contributed by atoms with van der Waals surface area (Å²) < 4.78 is 5.58. The third-order valence-corrected chi connectivity index (χ3v) is 3.68. The van der Waals surface area contributed by atoms with Gasteiger partial charge in [-0.25, -0.2) is 0 Å². The Morgan fingerprint density at radius 3 is 2.76 bits per heavy atom. The molecule has 1 aliphatic rings. The molecular weight excluding hydrogens is 264 g/mol. The Bertz CT molecular complexity index is 655. The minimum absolute atomic E-state index is 0.0921. The van der Waals surface area contributed by atoms with Crippen LogP contribution in [0.3, 0.4) is 0 Å². The molecule has 21 heavy (non-hydrogen) atoms. The predicted octanol–water partition coefficient (Wildman–Crippen LogP) is 2.63. The lowest BCUT2D eigenvalue weighted by atomic mass is 10.2. The van der Waals surface area contributed by atoms with Crippen molar-refractivity contribution in [1.29, 1.82) is 0 Å². The minimum Gasteiger partial charge on any atom is -0.491 e. The average molecular weight is 282 g/mol. The van der Waals surface area contributed by atoms with Gasteiger partial charge in [0, 0.05) is 12.2 Å². The van der Waals surface area contributed by atoms with E-state index in [-0.39, 0.29) is 5.91 Å². The summed E-state index contributed by atoms with van der Waals surface area (Å²) in [6.45, 7) is 1.09. The van der Waals surface area contributed by atoms with Gasteiger partial charge in [0.15, 0.2) is 0 Å². The van der Waals surface area contributed by atoms with Crippen LogP contribution in [-0.4, -0.2) is 19.1 Å². The van der Waals surface area contributed by atoms with Crippen molar-refractivity contribution in [2.24, 2.45) is 0 Å². The Labute approximate surface area is 124 Å². The largest absolute Gasteiger partial charge is 0.491 e. The molecule has 0 bridgehead atoms. The van der Waals surface area contributed by atoms with E-state index in [4.69, 9.17) is 10.5 Å². The summed E-state index contributed by atoms with van der Waals surface area (Å²) >= 11 is 0. The molecule has 3 rings (SSSR count). The number of rotatable bonds is 4. The summed E-state index contributed by atoms with van der Waals surface area (Å²) in [4.78, 5) is 14.1. The summed E-state index contributed by atoms with van der Waals surface area (Å²) in [5, 5.41) is 0. The maximum absolute atomic E-state index is 12.3. The molecule has 0 spiro atoms. The molecule has 2 N–H and O–H groups in total. The van der Waals surface area contributed by atoms with E-state index in [1.165, 1.54) is 5.56 Å². The summed E-state index contributed by atoms with van der Waals surface area (Å²) in [7, 11) is 0. The molecule has 4 nitrogen and oxygen atoms in total. The van der Waals surface area contributed by atoms with Crippen LogP contribution in [0, 0.1) is 0 Å². The fourth-order valence-electron chi connectivity index (χ4n) is 2.59. The summed E-state index contributed by atoms with van der Waals surface area (Å²) in [5.74, 6) is 0.724. The lowest BCUT2D eigenvalue weighted by Gasteiger charge is -2.17. The van der Waals surface area contributed by atoms with Crippen LogP contribution in [0.25, 0.3) is 0 Å². The van der Waals surface area contributed by atoms with Crippen molar-refractivity contribution in [3.8, 4) is 5.75 Å². The quantitative estimate of drug-likeness (QED) is 0.877. The molecule has 108 valence electrons. The van der Waals surface area contributed by atoms with Crippen LogP contribution in [0.1, 0.15) is 12.0 Å². The molecule has 0 radical (unpaired) electrons. The first-order valence-corrected chi connectivity index (χ1v) is 7.11. The Balaban J connectivity index is 1.57. The van der Waals surface area contributed by atoms with Gasteiger partial charge in [0.25, 0.3) is 0 Å². The zero-order valence-electron chi connectivity index (χ0n) is 11.8. The van der Waals surface area contributed by atoms with E-state index in [0.29, 0.717) is 24.5 Å². The second kappa shape index (κ2) is 5.87. The van der Waals surface area contributed by atoms with E-state index in [1.807, 2.05) is 41.3 Å². The lowest BCUT2D eigenvalue weighted by Crippen LogP contribution is -2.30. The Kier molecular flexibility index (Phi) is 3.77. The third kappa shape index (κ3) is 2.84. The highest BCUT2D eigenvalue weighted by atomic mass is 16.5. The number of fused-ring (bicyclic) bond motifs is 1. The maximum atomic E-state index is 12.3. The van der Waals surface area contributed by atoms with Gasteiger partial charge in [0.1, 0.15) is 5.75 Å². The molecule has 1 aliphatic heterocycles. The molecule has 0 fully saturated rings. The van der Waals surface area contributed by atoms with E-state index in [9.17, 15) is 4.79 Å². The molecule has 2 aromatic carbocycles. The normalized spacial score (nSPS) is 13.0. The number of anilines is 2. The van der Waals surface area contributed by atoms with Gasteiger partial charge in [0.2, 0.25) is 5.91 Å². The number of carbonyl (C=O) groups is 1. The first-order chi connectivity index (χ1) is 10.3. The number of para-hydroxylation sites is 3. The van der Waals surface area contributed by atoms with Gasteiger partial charge in [-0.15, -0.1) is 0 Å². The van der Waals surface area contributed by atoms with Gasteiger partial charge in [-0.1, -0.05) is 30.3 Å². The number of nitrogens with two attached hydrogens (primary N) is 1. The van der Waals surface area contributed by atoms with Gasteiger partial charge < -0.3 is 15.4 Å². The first-order valence-electron chi connectivity index (χ1n) is 7.11. The topological polar surface area (TPSA) is 55.6 Å². The third-order valence-electron chi connectivity index (χ3n) is 3.68. The molecule has 0 unspecified atom stereocenters. The van der Waals surface area contributed by atoms with Gasteiger partial charge >= 0.3 is 0 Å². The highest BCUT2D eigenvalue weighted by Crippen LogP contribution is 2.28. The van der Waals surface area contributed by atoms with Gasteiger partial charge in [-0.05, 0) is 30.2 Å². The van der Waals surface area contributed by atoms with E-state index in [1.54, 1.807) is 6.07 Å². The lowest BCUT2D eigenvalue weighted by molar-refractivity contribution is -0.119. The van der Waals surface area contributed by atoms with Crippen LogP contribution in [0.15, 0.2) is 48.5 Å². The SMILES string of the molecule is Nc1ccccc1OCCC(=O)N1CCc2ccccc21. The zero-order valence-corrected chi connectivity index (χ0v) is 11.8. The molecule has 2 aromatic rings. The second-order valence-corrected chi connectivity index (χ2v) is 5.06. The van der Waals surface area contributed by atoms with E-state index >= 15 is 0 Å². The smallest absolute Gasteiger partial charge is 0.230 e. The molecular formula is C17H18N2O2. The number of nitrogens with zero attached hydrogens (tertiary/aromatic N) is 1. The van der Waals surface area contributed by atoms with Crippen LogP contribution >= 0.6 is 0 Å². The number of benzene rings is 2. The number of nitrogen functional groups attached to an aromatic ring is 1.